The van der Waals surface area contributed by atoms with E-state index in [9.17, 15) is 8.42 Å². The zero-order valence-electron chi connectivity index (χ0n) is 15.0. The maximum atomic E-state index is 11.0. The van der Waals surface area contributed by atoms with E-state index in [1.165, 1.54) is 5.57 Å². The molecule has 1 aliphatic rings. The van der Waals surface area contributed by atoms with E-state index < -0.39 is 10.0 Å². The van der Waals surface area contributed by atoms with Gasteiger partial charge >= 0.3 is 0 Å². The number of rotatable bonds is 8. The van der Waals surface area contributed by atoms with Crippen molar-refractivity contribution in [3.8, 4) is 0 Å². The Kier molecular flexibility index (Phi) is 11.8. The summed E-state index contributed by atoms with van der Waals surface area (Å²) >= 11 is 0. The lowest BCUT2D eigenvalue weighted by Crippen LogP contribution is -2.49. The molecule has 1 heterocycles. The Labute approximate surface area is 163 Å². The SMILES string of the molecule is C=C(C)CN1CCC(NC(=NCCNS(C)(=O)=O)NCC)CC1.I. The highest BCUT2D eigenvalue weighted by Crippen LogP contribution is 2.11. The van der Waals surface area contributed by atoms with Gasteiger partial charge in [-0.05, 0) is 26.7 Å². The molecule has 0 aromatic rings. The number of hydrogen-bond donors (Lipinski definition) is 3. The van der Waals surface area contributed by atoms with Crippen molar-refractivity contribution in [3.05, 3.63) is 12.2 Å². The molecule has 9 heteroatoms. The standard InChI is InChI=1S/C15H31N5O2S.HI/c1-5-16-15(17-8-9-18-23(4,21)22)19-14-6-10-20(11-7-14)12-13(2)3;/h14,18H,2,5-12H2,1,3-4H3,(H2,16,17,19);1H. The Morgan fingerprint density at radius 1 is 1.33 bits per heavy atom. The average molecular weight is 473 g/mol. The molecule has 0 bridgehead atoms. The molecule has 1 rings (SSSR count). The summed E-state index contributed by atoms with van der Waals surface area (Å²) in [5.41, 5.74) is 1.20. The van der Waals surface area contributed by atoms with Crippen molar-refractivity contribution in [2.24, 2.45) is 4.99 Å². The number of sulfonamides is 1. The van der Waals surface area contributed by atoms with Crippen LogP contribution in [0, 0.1) is 0 Å². The first kappa shape index (κ1) is 23.6. The van der Waals surface area contributed by atoms with Gasteiger partial charge in [0.15, 0.2) is 5.96 Å². The average Bonchev–Trinajstić information content (AvgIpc) is 2.44. The number of hydrogen-bond acceptors (Lipinski definition) is 4. The molecule has 0 amide bonds. The maximum absolute atomic E-state index is 11.0. The van der Waals surface area contributed by atoms with Crippen LogP contribution >= 0.6 is 24.0 Å². The van der Waals surface area contributed by atoms with Crippen LogP contribution in [-0.4, -0.2) is 70.8 Å². The van der Waals surface area contributed by atoms with E-state index in [0.717, 1.165) is 51.2 Å². The smallest absolute Gasteiger partial charge is 0.208 e. The Morgan fingerprint density at radius 3 is 2.46 bits per heavy atom. The fraction of sp³-hybridized carbons (Fsp3) is 0.800. The minimum Gasteiger partial charge on any atom is -0.357 e. The summed E-state index contributed by atoms with van der Waals surface area (Å²) in [4.78, 5) is 6.84. The molecule has 0 atom stereocenters. The molecule has 1 fully saturated rings. The van der Waals surface area contributed by atoms with Crippen molar-refractivity contribution in [2.45, 2.75) is 32.7 Å². The van der Waals surface area contributed by atoms with E-state index in [1.54, 1.807) is 0 Å². The lowest BCUT2D eigenvalue weighted by molar-refractivity contribution is 0.221. The fourth-order valence-corrected chi connectivity index (χ4v) is 2.99. The summed E-state index contributed by atoms with van der Waals surface area (Å²) in [6.45, 7) is 12.6. The summed E-state index contributed by atoms with van der Waals surface area (Å²) in [5.74, 6) is 0.751. The number of halogens is 1. The molecule has 142 valence electrons. The molecule has 0 radical (unpaired) electrons. The molecule has 0 aliphatic carbocycles. The van der Waals surface area contributed by atoms with Gasteiger partial charge in [-0.25, -0.2) is 13.1 Å². The highest BCUT2D eigenvalue weighted by molar-refractivity contribution is 14.0. The number of likely N-dealkylation sites (tertiary alicyclic amines) is 1. The van der Waals surface area contributed by atoms with Crippen LogP contribution < -0.4 is 15.4 Å². The normalized spacial score (nSPS) is 17.2. The first-order valence-corrected chi connectivity index (χ1v) is 10.1. The maximum Gasteiger partial charge on any atom is 0.208 e. The van der Waals surface area contributed by atoms with E-state index in [-0.39, 0.29) is 24.0 Å². The van der Waals surface area contributed by atoms with Gasteiger partial charge in [0.2, 0.25) is 10.0 Å². The number of guanidine groups is 1. The largest absolute Gasteiger partial charge is 0.357 e. The second kappa shape index (κ2) is 12.0. The van der Waals surface area contributed by atoms with Crippen molar-refractivity contribution in [1.29, 1.82) is 0 Å². The number of aliphatic imine (C=N–C) groups is 1. The summed E-state index contributed by atoms with van der Waals surface area (Å²) in [7, 11) is -3.15. The second-order valence-corrected chi connectivity index (χ2v) is 7.91. The van der Waals surface area contributed by atoms with Gasteiger partial charge in [0, 0.05) is 38.8 Å². The van der Waals surface area contributed by atoms with Crippen molar-refractivity contribution >= 4 is 40.0 Å². The summed E-state index contributed by atoms with van der Waals surface area (Å²) in [5, 5.41) is 6.65. The molecule has 0 spiro atoms. The van der Waals surface area contributed by atoms with Crippen molar-refractivity contribution in [2.75, 3.05) is 45.5 Å². The van der Waals surface area contributed by atoms with E-state index >= 15 is 0 Å². The third-order valence-corrected chi connectivity index (χ3v) is 4.24. The third-order valence-electron chi connectivity index (χ3n) is 3.51. The second-order valence-electron chi connectivity index (χ2n) is 6.08. The fourth-order valence-electron chi connectivity index (χ4n) is 2.53. The predicted molar refractivity (Wildman–Crippen MR) is 112 cm³/mol. The van der Waals surface area contributed by atoms with Gasteiger partial charge in [0.1, 0.15) is 0 Å². The van der Waals surface area contributed by atoms with Gasteiger partial charge in [-0.3, -0.25) is 9.89 Å². The van der Waals surface area contributed by atoms with Gasteiger partial charge in [-0.2, -0.15) is 0 Å². The van der Waals surface area contributed by atoms with Gasteiger partial charge in [-0.15, -0.1) is 24.0 Å². The molecule has 3 N–H and O–H groups in total. The van der Waals surface area contributed by atoms with Crippen LogP contribution in [0.3, 0.4) is 0 Å². The van der Waals surface area contributed by atoms with Gasteiger partial charge in [-0.1, -0.05) is 12.2 Å². The van der Waals surface area contributed by atoms with Crippen LogP contribution in [0.15, 0.2) is 17.1 Å². The Bertz CT molecular complexity index is 502. The van der Waals surface area contributed by atoms with E-state index in [2.05, 4.69) is 38.8 Å². The highest BCUT2D eigenvalue weighted by Gasteiger charge is 2.19. The van der Waals surface area contributed by atoms with E-state index in [1.807, 2.05) is 6.92 Å². The topological polar surface area (TPSA) is 85.8 Å². The zero-order valence-corrected chi connectivity index (χ0v) is 18.1. The summed E-state index contributed by atoms with van der Waals surface area (Å²) in [6, 6.07) is 0.400. The highest BCUT2D eigenvalue weighted by atomic mass is 127. The first-order chi connectivity index (χ1) is 10.8. The first-order valence-electron chi connectivity index (χ1n) is 8.16. The quantitative estimate of drug-likeness (QED) is 0.159. The van der Waals surface area contributed by atoms with Crippen LogP contribution in [0.25, 0.3) is 0 Å². The monoisotopic (exact) mass is 473 g/mol. The van der Waals surface area contributed by atoms with E-state index in [0.29, 0.717) is 19.1 Å². The van der Waals surface area contributed by atoms with Crippen LogP contribution in [0.5, 0.6) is 0 Å². The van der Waals surface area contributed by atoms with Gasteiger partial charge in [0.05, 0.1) is 12.8 Å². The van der Waals surface area contributed by atoms with Crippen molar-refractivity contribution in [1.82, 2.24) is 20.3 Å². The molecule has 7 nitrogen and oxygen atoms in total. The molecule has 1 saturated heterocycles. The number of piperidine rings is 1. The third kappa shape index (κ3) is 11.2. The van der Waals surface area contributed by atoms with Gasteiger partial charge in [0.25, 0.3) is 0 Å². The Balaban J connectivity index is 0.00000529. The zero-order chi connectivity index (χ0) is 17.3. The van der Waals surface area contributed by atoms with Crippen LogP contribution in [0.4, 0.5) is 0 Å². The number of nitrogens with zero attached hydrogens (tertiary/aromatic N) is 2. The summed E-state index contributed by atoms with van der Waals surface area (Å²) in [6.07, 6.45) is 3.29. The lowest BCUT2D eigenvalue weighted by atomic mass is 10.0. The van der Waals surface area contributed by atoms with E-state index in [4.69, 9.17) is 0 Å². The van der Waals surface area contributed by atoms with Crippen molar-refractivity contribution in [3.63, 3.8) is 0 Å². The molecule has 0 unspecified atom stereocenters. The molecular formula is C15H32IN5O2S. The molecule has 0 aromatic carbocycles. The molecular weight excluding hydrogens is 441 g/mol. The Hall–Kier alpha value is -0.390. The molecule has 0 aromatic heterocycles. The van der Waals surface area contributed by atoms with Crippen LogP contribution in [-0.2, 0) is 10.0 Å². The predicted octanol–water partition coefficient (Wildman–Crippen LogP) is 0.749. The minimum absolute atomic E-state index is 0. The lowest BCUT2D eigenvalue weighted by Gasteiger charge is -2.33. The molecule has 24 heavy (non-hydrogen) atoms. The number of nitrogens with one attached hydrogen (secondary N) is 3. The molecule has 1 aliphatic heterocycles. The van der Waals surface area contributed by atoms with Crippen LogP contribution in [0.2, 0.25) is 0 Å². The van der Waals surface area contributed by atoms with Crippen LogP contribution in [0.1, 0.15) is 26.7 Å². The molecule has 0 saturated carbocycles. The summed E-state index contributed by atoms with van der Waals surface area (Å²) < 4.78 is 24.5. The van der Waals surface area contributed by atoms with Crippen molar-refractivity contribution < 1.29 is 8.42 Å². The minimum atomic E-state index is -3.15. The van der Waals surface area contributed by atoms with Gasteiger partial charge < -0.3 is 10.6 Å². The Morgan fingerprint density at radius 2 is 1.96 bits per heavy atom.